The second-order valence-corrected chi connectivity index (χ2v) is 7.76. The molecule has 4 rings (SSSR count). The number of aryl methyl sites for hydroxylation is 1. The molecule has 1 atom stereocenters. The third-order valence-electron chi connectivity index (χ3n) is 4.97. The number of thiophene rings is 1. The first-order valence-electron chi connectivity index (χ1n) is 9.35. The molecule has 3 heteroatoms. The molecule has 132 valence electrons. The smallest absolute Gasteiger partial charge is 0.0409 e. The number of rotatable bonds is 6. The molecule has 1 aliphatic heterocycles. The Hall–Kier alpha value is -2.23. The Morgan fingerprint density at radius 1 is 1.04 bits per heavy atom. The van der Waals surface area contributed by atoms with Crippen LogP contribution in [0.3, 0.4) is 0 Å². The van der Waals surface area contributed by atoms with E-state index in [4.69, 9.17) is 0 Å². The van der Waals surface area contributed by atoms with Crippen molar-refractivity contribution in [3.05, 3.63) is 82.8 Å². The predicted octanol–water partition coefficient (Wildman–Crippen LogP) is 5.58. The fourth-order valence-corrected chi connectivity index (χ4v) is 4.37. The summed E-state index contributed by atoms with van der Waals surface area (Å²) >= 11 is 1.85. The third-order valence-corrected chi connectivity index (χ3v) is 5.91. The van der Waals surface area contributed by atoms with Crippen molar-refractivity contribution in [1.29, 1.82) is 0 Å². The van der Waals surface area contributed by atoms with E-state index in [1.165, 1.54) is 40.1 Å². The monoisotopic (exact) mass is 360 g/mol. The van der Waals surface area contributed by atoms with Gasteiger partial charge in [-0.25, -0.2) is 0 Å². The number of hydrogen-bond donors (Lipinski definition) is 1. The van der Waals surface area contributed by atoms with Gasteiger partial charge in [0.2, 0.25) is 0 Å². The molecule has 3 heterocycles. The first-order chi connectivity index (χ1) is 12.9. The average Bonchev–Trinajstić information content (AvgIpc) is 3.24. The number of nitrogens with one attached hydrogen (secondary N) is 1. The molecule has 26 heavy (non-hydrogen) atoms. The van der Waals surface area contributed by atoms with E-state index in [-0.39, 0.29) is 0 Å². The number of nitrogens with zero attached hydrogens (tertiary/aromatic N) is 1. The van der Waals surface area contributed by atoms with E-state index in [9.17, 15) is 0 Å². The van der Waals surface area contributed by atoms with Gasteiger partial charge in [0.25, 0.3) is 0 Å². The normalized spacial score (nSPS) is 17.1. The summed E-state index contributed by atoms with van der Waals surface area (Å²) in [6.45, 7) is 0.986. The minimum Gasteiger partial charge on any atom is -0.310 e. The standard InChI is InChI=1S/C23H24N2S/c1-2-6-18(7-3-1)19-11-13-24-21(16-19)8-4-9-22-17-20(12-14-25-22)23-10-5-15-26-23/h1-3,5-7,10-13,15-16,22,25H,4,8-9,14,17H2. The van der Waals surface area contributed by atoms with Crippen molar-refractivity contribution in [2.24, 2.45) is 0 Å². The van der Waals surface area contributed by atoms with Crippen molar-refractivity contribution in [2.45, 2.75) is 31.7 Å². The van der Waals surface area contributed by atoms with Gasteiger partial charge >= 0.3 is 0 Å². The Bertz CT molecular complexity index is 853. The Kier molecular flexibility index (Phi) is 5.58. The van der Waals surface area contributed by atoms with Crippen LogP contribution >= 0.6 is 11.3 Å². The molecule has 0 saturated carbocycles. The highest BCUT2D eigenvalue weighted by Gasteiger charge is 2.16. The maximum Gasteiger partial charge on any atom is 0.0409 e. The molecular weight excluding hydrogens is 336 g/mol. The van der Waals surface area contributed by atoms with Crippen molar-refractivity contribution >= 4 is 16.9 Å². The molecular formula is C23H24N2S. The van der Waals surface area contributed by atoms with Crippen molar-refractivity contribution in [1.82, 2.24) is 10.3 Å². The summed E-state index contributed by atoms with van der Waals surface area (Å²) in [6.07, 6.45) is 8.82. The van der Waals surface area contributed by atoms with Crippen molar-refractivity contribution in [3.8, 4) is 11.1 Å². The highest BCUT2D eigenvalue weighted by molar-refractivity contribution is 7.11. The molecule has 2 aromatic heterocycles. The summed E-state index contributed by atoms with van der Waals surface area (Å²) in [6, 6.07) is 19.8. The topological polar surface area (TPSA) is 24.9 Å². The zero-order chi connectivity index (χ0) is 17.6. The van der Waals surface area contributed by atoms with Gasteiger partial charge in [-0.2, -0.15) is 0 Å². The Morgan fingerprint density at radius 2 is 1.96 bits per heavy atom. The molecule has 2 nitrogen and oxygen atoms in total. The Balaban J connectivity index is 1.32. The lowest BCUT2D eigenvalue weighted by Gasteiger charge is -2.24. The van der Waals surface area contributed by atoms with Crippen LogP contribution in [-0.4, -0.2) is 17.6 Å². The zero-order valence-corrected chi connectivity index (χ0v) is 15.7. The van der Waals surface area contributed by atoms with Crippen LogP contribution in [0.4, 0.5) is 0 Å². The van der Waals surface area contributed by atoms with Crippen LogP contribution in [0.1, 0.15) is 29.8 Å². The lowest BCUT2D eigenvalue weighted by molar-refractivity contribution is 0.484. The molecule has 1 N–H and O–H groups in total. The molecule has 0 fully saturated rings. The largest absolute Gasteiger partial charge is 0.310 e. The minimum absolute atomic E-state index is 0.578. The van der Waals surface area contributed by atoms with Gasteiger partial charge in [-0.15, -0.1) is 11.3 Å². The highest BCUT2D eigenvalue weighted by Crippen LogP contribution is 2.28. The third kappa shape index (κ3) is 4.29. The summed E-state index contributed by atoms with van der Waals surface area (Å²) in [7, 11) is 0. The lowest BCUT2D eigenvalue weighted by Crippen LogP contribution is -2.32. The number of hydrogen-bond acceptors (Lipinski definition) is 3. The SMILES string of the molecule is C1=C(c2cccs2)CC(CCCc2cc(-c3ccccc3)ccn2)NC1. The molecule has 0 spiro atoms. The average molecular weight is 361 g/mol. The maximum absolute atomic E-state index is 4.57. The van der Waals surface area contributed by atoms with Crippen molar-refractivity contribution in [2.75, 3.05) is 6.54 Å². The molecule has 3 aromatic rings. The second kappa shape index (κ2) is 8.43. The number of benzene rings is 1. The van der Waals surface area contributed by atoms with Gasteiger partial charge in [0.1, 0.15) is 0 Å². The van der Waals surface area contributed by atoms with Gasteiger partial charge in [0, 0.05) is 29.4 Å². The highest BCUT2D eigenvalue weighted by atomic mass is 32.1. The van der Waals surface area contributed by atoms with E-state index in [0.29, 0.717) is 6.04 Å². The summed E-state index contributed by atoms with van der Waals surface area (Å²) in [5, 5.41) is 5.81. The van der Waals surface area contributed by atoms with E-state index in [1.54, 1.807) is 0 Å². The van der Waals surface area contributed by atoms with E-state index >= 15 is 0 Å². The van der Waals surface area contributed by atoms with Gasteiger partial charge < -0.3 is 5.32 Å². The molecule has 0 saturated heterocycles. The van der Waals surface area contributed by atoms with Crippen LogP contribution in [0.2, 0.25) is 0 Å². The van der Waals surface area contributed by atoms with Crippen molar-refractivity contribution < 1.29 is 0 Å². The van der Waals surface area contributed by atoms with Gasteiger partial charge in [-0.05, 0) is 66.0 Å². The van der Waals surface area contributed by atoms with E-state index < -0.39 is 0 Å². The van der Waals surface area contributed by atoms with Gasteiger partial charge in [-0.1, -0.05) is 42.5 Å². The molecule has 1 aliphatic rings. The van der Waals surface area contributed by atoms with Crippen LogP contribution in [0.15, 0.2) is 72.3 Å². The molecule has 0 aliphatic carbocycles. The summed E-state index contributed by atoms with van der Waals surface area (Å²) < 4.78 is 0. The fraction of sp³-hybridized carbons (Fsp3) is 0.261. The van der Waals surface area contributed by atoms with Crippen molar-refractivity contribution in [3.63, 3.8) is 0 Å². The van der Waals surface area contributed by atoms with E-state index in [0.717, 1.165) is 19.4 Å². The minimum atomic E-state index is 0.578. The number of pyridine rings is 1. The van der Waals surface area contributed by atoms with E-state index in [2.05, 4.69) is 76.4 Å². The molecule has 0 amide bonds. The molecule has 0 bridgehead atoms. The van der Waals surface area contributed by atoms with Crippen LogP contribution in [0.5, 0.6) is 0 Å². The maximum atomic E-state index is 4.57. The molecule has 0 radical (unpaired) electrons. The van der Waals surface area contributed by atoms with Crippen LogP contribution in [0, 0.1) is 0 Å². The number of aromatic nitrogens is 1. The lowest BCUT2D eigenvalue weighted by atomic mass is 9.96. The van der Waals surface area contributed by atoms with Gasteiger partial charge in [0.15, 0.2) is 0 Å². The summed E-state index contributed by atoms with van der Waals surface area (Å²) in [5.41, 5.74) is 5.22. The van der Waals surface area contributed by atoms with Crippen LogP contribution < -0.4 is 5.32 Å². The second-order valence-electron chi connectivity index (χ2n) is 6.81. The molecule has 1 aromatic carbocycles. The summed E-state index contributed by atoms with van der Waals surface area (Å²) in [5.74, 6) is 0. The Morgan fingerprint density at radius 3 is 2.81 bits per heavy atom. The first-order valence-corrected chi connectivity index (χ1v) is 10.2. The summed E-state index contributed by atoms with van der Waals surface area (Å²) in [4.78, 5) is 6.00. The zero-order valence-electron chi connectivity index (χ0n) is 14.9. The van der Waals surface area contributed by atoms with Crippen LogP contribution in [-0.2, 0) is 6.42 Å². The van der Waals surface area contributed by atoms with E-state index in [1.807, 2.05) is 17.5 Å². The Labute approximate surface area is 159 Å². The predicted molar refractivity (Wildman–Crippen MR) is 111 cm³/mol. The van der Waals surface area contributed by atoms with Gasteiger partial charge in [-0.3, -0.25) is 4.98 Å². The molecule has 1 unspecified atom stereocenters. The van der Waals surface area contributed by atoms with Gasteiger partial charge in [0.05, 0.1) is 0 Å². The first kappa shape index (κ1) is 17.2. The van der Waals surface area contributed by atoms with Crippen LogP contribution in [0.25, 0.3) is 16.7 Å². The quantitative estimate of drug-likeness (QED) is 0.621. The fourth-order valence-electron chi connectivity index (χ4n) is 3.59.